The van der Waals surface area contributed by atoms with Crippen LogP contribution in [0.25, 0.3) is 0 Å². The first-order valence-electron chi connectivity index (χ1n) is 9.14. The molecular formula is C20H28N4O3S. The third-order valence-electron chi connectivity index (χ3n) is 4.25. The first kappa shape index (κ1) is 21.7. The van der Waals surface area contributed by atoms with E-state index < -0.39 is 10.0 Å². The SMILES string of the molecule is CCNc1ccc(S(=O)(=O)N(C)C)cc1NCC(=O)N[C@H](C)c1ccccc1. The zero-order valence-electron chi connectivity index (χ0n) is 16.7. The lowest BCUT2D eigenvalue weighted by Crippen LogP contribution is -2.32. The molecule has 1 atom stereocenters. The Balaban J connectivity index is 2.12. The minimum absolute atomic E-state index is 0.0288. The van der Waals surface area contributed by atoms with Gasteiger partial charge in [0.25, 0.3) is 0 Å². The average molecular weight is 405 g/mol. The van der Waals surface area contributed by atoms with E-state index in [0.717, 1.165) is 15.6 Å². The molecule has 0 saturated carbocycles. The van der Waals surface area contributed by atoms with E-state index in [1.165, 1.54) is 14.1 Å². The second-order valence-electron chi connectivity index (χ2n) is 6.58. The molecule has 8 heteroatoms. The molecule has 0 aliphatic carbocycles. The molecule has 0 saturated heterocycles. The predicted molar refractivity (Wildman–Crippen MR) is 113 cm³/mol. The highest BCUT2D eigenvalue weighted by Gasteiger charge is 2.19. The number of benzene rings is 2. The largest absolute Gasteiger partial charge is 0.384 e. The van der Waals surface area contributed by atoms with Crippen LogP contribution in [0.15, 0.2) is 53.4 Å². The maximum atomic E-state index is 12.4. The maximum absolute atomic E-state index is 12.4. The standard InChI is InChI=1S/C20H28N4O3S/c1-5-21-18-12-11-17(28(26,27)24(3)4)13-19(18)22-14-20(25)23-15(2)16-9-7-6-8-10-16/h6-13,15,21-22H,5,14H2,1-4H3,(H,23,25)/t15-/m1/s1. The molecule has 2 aromatic carbocycles. The Kier molecular flexibility index (Phi) is 7.42. The van der Waals surface area contributed by atoms with E-state index in [0.29, 0.717) is 12.2 Å². The van der Waals surface area contributed by atoms with Crippen LogP contribution in [0.1, 0.15) is 25.5 Å². The summed E-state index contributed by atoms with van der Waals surface area (Å²) in [4.78, 5) is 12.5. The third kappa shape index (κ3) is 5.46. The quantitative estimate of drug-likeness (QED) is 0.598. The Bertz CT molecular complexity index is 899. The summed E-state index contributed by atoms with van der Waals surface area (Å²) in [7, 11) is -0.589. The van der Waals surface area contributed by atoms with Crippen LogP contribution in [0, 0.1) is 0 Å². The maximum Gasteiger partial charge on any atom is 0.242 e. The molecule has 0 aliphatic heterocycles. The van der Waals surface area contributed by atoms with E-state index >= 15 is 0 Å². The number of sulfonamides is 1. The van der Waals surface area contributed by atoms with E-state index in [1.807, 2.05) is 44.2 Å². The van der Waals surface area contributed by atoms with Crippen molar-refractivity contribution in [3.63, 3.8) is 0 Å². The molecule has 0 unspecified atom stereocenters. The van der Waals surface area contributed by atoms with Crippen molar-refractivity contribution in [2.24, 2.45) is 0 Å². The van der Waals surface area contributed by atoms with Crippen LogP contribution in [-0.4, -0.2) is 45.8 Å². The summed E-state index contributed by atoms with van der Waals surface area (Å²) in [6.45, 7) is 4.57. The number of carbonyl (C=O) groups excluding carboxylic acids is 1. The smallest absolute Gasteiger partial charge is 0.242 e. The molecule has 0 spiro atoms. The fraction of sp³-hybridized carbons (Fsp3) is 0.350. The van der Waals surface area contributed by atoms with Crippen LogP contribution < -0.4 is 16.0 Å². The summed E-state index contributed by atoms with van der Waals surface area (Å²) < 4.78 is 25.9. The molecule has 28 heavy (non-hydrogen) atoms. The van der Waals surface area contributed by atoms with Gasteiger partial charge in [-0.2, -0.15) is 0 Å². The highest BCUT2D eigenvalue weighted by molar-refractivity contribution is 7.89. The van der Waals surface area contributed by atoms with Crippen LogP contribution in [0.2, 0.25) is 0 Å². The van der Waals surface area contributed by atoms with Gasteiger partial charge in [0, 0.05) is 20.6 Å². The first-order valence-corrected chi connectivity index (χ1v) is 10.6. The van der Waals surface area contributed by atoms with Crippen molar-refractivity contribution >= 4 is 27.3 Å². The lowest BCUT2D eigenvalue weighted by atomic mass is 10.1. The fourth-order valence-electron chi connectivity index (χ4n) is 2.68. The zero-order valence-corrected chi connectivity index (χ0v) is 17.5. The zero-order chi connectivity index (χ0) is 20.7. The Morgan fingerprint density at radius 3 is 2.32 bits per heavy atom. The van der Waals surface area contributed by atoms with Crippen molar-refractivity contribution < 1.29 is 13.2 Å². The number of nitrogens with zero attached hydrogens (tertiary/aromatic N) is 1. The van der Waals surface area contributed by atoms with Gasteiger partial charge >= 0.3 is 0 Å². The molecule has 0 aromatic heterocycles. The minimum atomic E-state index is -3.56. The van der Waals surface area contributed by atoms with Crippen molar-refractivity contribution in [3.05, 3.63) is 54.1 Å². The number of hydrogen-bond acceptors (Lipinski definition) is 5. The van der Waals surface area contributed by atoms with Gasteiger partial charge in [-0.25, -0.2) is 12.7 Å². The minimum Gasteiger partial charge on any atom is -0.384 e. The topological polar surface area (TPSA) is 90.5 Å². The number of hydrogen-bond donors (Lipinski definition) is 3. The Labute approximate surface area is 167 Å². The van der Waals surface area contributed by atoms with Crippen molar-refractivity contribution in [2.75, 3.05) is 37.8 Å². The van der Waals surface area contributed by atoms with Crippen LogP contribution >= 0.6 is 0 Å². The number of amides is 1. The summed E-state index contributed by atoms with van der Waals surface area (Å²) in [6.07, 6.45) is 0. The Hall–Kier alpha value is -2.58. The van der Waals surface area contributed by atoms with Gasteiger partial charge in [0.15, 0.2) is 0 Å². The molecule has 7 nitrogen and oxygen atoms in total. The lowest BCUT2D eigenvalue weighted by molar-refractivity contribution is -0.120. The monoisotopic (exact) mass is 404 g/mol. The molecule has 0 fully saturated rings. The molecule has 0 aliphatic rings. The van der Waals surface area contributed by atoms with E-state index in [4.69, 9.17) is 0 Å². The average Bonchev–Trinajstić information content (AvgIpc) is 2.67. The highest BCUT2D eigenvalue weighted by atomic mass is 32.2. The molecule has 3 N–H and O–H groups in total. The summed E-state index contributed by atoms with van der Waals surface area (Å²) in [6, 6.07) is 14.4. The normalized spacial score (nSPS) is 12.5. The third-order valence-corrected chi connectivity index (χ3v) is 6.06. The molecule has 152 valence electrons. The van der Waals surface area contributed by atoms with E-state index in [9.17, 15) is 13.2 Å². The molecule has 0 heterocycles. The van der Waals surface area contributed by atoms with Gasteiger partial charge < -0.3 is 16.0 Å². The van der Waals surface area contributed by atoms with Crippen molar-refractivity contribution in [1.29, 1.82) is 0 Å². The summed E-state index contributed by atoms with van der Waals surface area (Å²) >= 11 is 0. The molecule has 1 amide bonds. The van der Waals surface area contributed by atoms with Crippen molar-refractivity contribution in [2.45, 2.75) is 24.8 Å². The number of rotatable bonds is 9. The van der Waals surface area contributed by atoms with Gasteiger partial charge in [-0.3, -0.25) is 4.79 Å². The number of nitrogens with one attached hydrogen (secondary N) is 3. The van der Waals surface area contributed by atoms with Crippen LogP contribution in [0.3, 0.4) is 0 Å². The molecule has 0 bridgehead atoms. The number of carbonyl (C=O) groups is 1. The first-order chi connectivity index (χ1) is 13.3. The summed E-state index contributed by atoms with van der Waals surface area (Å²) in [5, 5.41) is 9.15. The summed E-state index contributed by atoms with van der Waals surface area (Å²) in [5.41, 5.74) is 2.32. The van der Waals surface area contributed by atoms with Gasteiger partial charge in [0.1, 0.15) is 0 Å². The lowest BCUT2D eigenvalue weighted by Gasteiger charge is -2.18. The van der Waals surface area contributed by atoms with Gasteiger partial charge in [-0.1, -0.05) is 30.3 Å². The number of anilines is 2. The Morgan fingerprint density at radius 2 is 1.71 bits per heavy atom. The highest BCUT2D eigenvalue weighted by Crippen LogP contribution is 2.26. The molecule has 2 aromatic rings. The van der Waals surface area contributed by atoms with Crippen LogP contribution in [0.5, 0.6) is 0 Å². The Morgan fingerprint density at radius 1 is 1.04 bits per heavy atom. The summed E-state index contributed by atoms with van der Waals surface area (Å²) in [5.74, 6) is -0.181. The van der Waals surface area contributed by atoms with Gasteiger partial charge in [-0.15, -0.1) is 0 Å². The van der Waals surface area contributed by atoms with Crippen LogP contribution in [-0.2, 0) is 14.8 Å². The van der Waals surface area contributed by atoms with E-state index in [1.54, 1.807) is 18.2 Å². The fourth-order valence-corrected chi connectivity index (χ4v) is 3.61. The van der Waals surface area contributed by atoms with Gasteiger partial charge in [-0.05, 0) is 37.6 Å². The van der Waals surface area contributed by atoms with Crippen molar-refractivity contribution in [3.8, 4) is 0 Å². The molecule has 0 radical (unpaired) electrons. The van der Waals surface area contributed by atoms with Gasteiger partial charge in [0.05, 0.1) is 28.9 Å². The van der Waals surface area contributed by atoms with Gasteiger partial charge in [0.2, 0.25) is 15.9 Å². The molecular weight excluding hydrogens is 376 g/mol. The second kappa shape index (κ2) is 9.57. The van der Waals surface area contributed by atoms with Crippen molar-refractivity contribution in [1.82, 2.24) is 9.62 Å². The van der Waals surface area contributed by atoms with E-state index in [-0.39, 0.29) is 23.4 Å². The predicted octanol–water partition coefficient (Wildman–Crippen LogP) is 2.66. The van der Waals surface area contributed by atoms with Crippen LogP contribution in [0.4, 0.5) is 11.4 Å². The second-order valence-corrected chi connectivity index (χ2v) is 8.73. The van der Waals surface area contributed by atoms with E-state index in [2.05, 4.69) is 16.0 Å². The molecule has 2 rings (SSSR count).